The normalized spacial score (nSPS) is 15.0. The van der Waals surface area contributed by atoms with Crippen molar-refractivity contribution in [3.05, 3.63) is 35.4 Å². The third-order valence-corrected chi connectivity index (χ3v) is 3.25. The van der Waals surface area contributed by atoms with Crippen molar-refractivity contribution in [2.45, 2.75) is 25.3 Å². The maximum Gasteiger partial charge on any atom is 0.328 e. The third kappa shape index (κ3) is 3.58. The Bertz CT molecular complexity index is 558. The van der Waals surface area contributed by atoms with Crippen molar-refractivity contribution in [1.29, 1.82) is 5.26 Å². The Hall–Kier alpha value is -2.35. The predicted molar refractivity (Wildman–Crippen MR) is 71.5 cm³/mol. The van der Waals surface area contributed by atoms with Crippen molar-refractivity contribution in [2.24, 2.45) is 5.92 Å². The first kappa shape index (κ1) is 14.1. The Morgan fingerprint density at radius 3 is 2.85 bits per heavy atom. The molecule has 0 heterocycles. The van der Waals surface area contributed by atoms with Gasteiger partial charge in [-0.1, -0.05) is 12.1 Å². The maximum absolute atomic E-state index is 11.8. The number of amides is 1. The molecule has 2 rings (SSSR count). The molecule has 20 heavy (non-hydrogen) atoms. The first-order valence-corrected chi connectivity index (χ1v) is 6.51. The Kier molecular flexibility index (Phi) is 4.36. The molecule has 1 atom stereocenters. The summed E-state index contributed by atoms with van der Waals surface area (Å²) in [5.74, 6) is -0.536. The van der Waals surface area contributed by atoms with E-state index >= 15 is 0 Å². The Balaban J connectivity index is 2.08. The fraction of sp³-hybridized carbons (Fsp3) is 0.400. The standard InChI is InChI=1S/C15H16N2O3/c1-20-15(19)13(17-14(18)12-5-6-12)8-10-3-2-4-11(7-10)9-16/h2-4,7,12-13H,5-6,8H2,1H3,(H,17,18)/t13-/m0/s1. The van der Waals surface area contributed by atoms with E-state index in [1.165, 1.54) is 7.11 Å². The number of esters is 1. The van der Waals surface area contributed by atoms with E-state index in [-0.39, 0.29) is 11.8 Å². The topological polar surface area (TPSA) is 79.2 Å². The van der Waals surface area contributed by atoms with Crippen LogP contribution < -0.4 is 5.32 Å². The summed E-state index contributed by atoms with van der Waals surface area (Å²) >= 11 is 0. The molecule has 1 N–H and O–H groups in total. The van der Waals surface area contributed by atoms with Crippen LogP contribution in [0.1, 0.15) is 24.0 Å². The summed E-state index contributed by atoms with van der Waals surface area (Å²) in [7, 11) is 1.30. The summed E-state index contributed by atoms with van der Waals surface area (Å²) in [4.78, 5) is 23.5. The van der Waals surface area contributed by atoms with E-state index in [9.17, 15) is 9.59 Å². The Morgan fingerprint density at radius 1 is 1.50 bits per heavy atom. The van der Waals surface area contributed by atoms with Crippen LogP contribution in [0.4, 0.5) is 0 Å². The first-order chi connectivity index (χ1) is 9.63. The van der Waals surface area contributed by atoms with Crippen molar-refractivity contribution in [2.75, 3.05) is 7.11 Å². The van der Waals surface area contributed by atoms with Crippen molar-refractivity contribution in [3.63, 3.8) is 0 Å². The molecule has 1 fully saturated rings. The second-order valence-corrected chi connectivity index (χ2v) is 4.87. The summed E-state index contributed by atoms with van der Waals surface area (Å²) in [5, 5.41) is 11.6. The number of hydrogen-bond acceptors (Lipinski definition) is 4. The molecule has 1 aliphatic rings. The van der Waals surface area contributed by atoms with Gasteiger partial charge in [0.15, 0.2) is 0 Å². The van der Waals surface area contributed by atoms with Crippen LogP contribution >= 0.6 is 0 Å². The quantitative estimate of drug-likeness (QED) is 0.816. The van der Waals surface area contributed by atoms with Gasteiger partial charge in [-0.3, -0.25) is 4.79 Å². The number of carbonyl (C=O) groups excluding carboxylic acids is 2. The average Bonchev–Trinajstić information content (AvgIpc) is 3.30. The van der Waals surface area contributed by atoms with Gasteiger partial charge in [0.25, 0.3) is 0 Å². The molecule has 0 bridgehead atoms. The lowest BCUT2D eigenvalue weighted by Crippen LogP contribution is -2.43. The van der Waals surface area contributed by atoms with E-state index in [1.807, 2.05) is 12.1 Å². The van der Waals surface area contributed by atoms with Gasteiger partial charge in [0, 0.05) is 12.3 Å². The molecule has 1 aromatic carbocycles. The molecule has 5 heteroatoms. The third-order valence-electron chi connectivity index (χ3n) is 3.25. The van der Waals surface area contributed by atoms with Crippen LogP contribution in [0, 0.1) is 17.2 Å². The summed E-state index contributed by atoms with van der Waals surface area (Å²) in [6.07, 6.45) is 2.08. The van der Waals surface area contributed by atoms with Gasteiger partial charge in [-0.05, 0) is 30.5 Å². The predicted octanol–water partition coefficient (Wildman–Crippen LogP) is 1.17. The number of hydrogen-bond donors (Lipinski definition) is 1. The molecule has 0 saturated heterocycles. The van der Waals surface area contributed by atoms with Gasteiger partial charge in [-0.25, -0.2) is 4.79 Å². The highest BCUT2D eigenvalue weighted by Crippen LogP contribution is 2.29. The highest BCUT2D eigenvalue weighted by molar-refractivity contribution is 5.87. The van der Waals surface area contributed by atoms with Crippen LogP contribution in [-0.2, 0) is 20.7 Å². The summed E-state index contributed by atoms with van der Waals surface area (Å²) in [6, 6.07) is 8.32. The minimum atomic E-state index is -0.706. The lowest BCUT2D eigenvalue weighted by Gasteiger charge is -2.16. The van der Waals surface area contributed by atoms with Crippen LogP contribution in [0.5, 0.6) is 0 Å². The molecule has 104 valence electrons. The van der Waals surface area contributed by atoms with Crippen molar-refractivity contribution >= 4 is 11.9 Å². The van der Waals surface area contributed by atoms with Gasteiger partial charge in [-0.2, -0.15) is 5.26 Å². The maximum atomic E-state index is 11.8. The molecular weight excluding hydrogens is 256 g/mol. The van der Waals surface area contributed by atoms with Crippen LogP contribution in [0.25, 0.3) is 0 Å². The first-order valence-electron chi connectivity index (χ1n) is 6.51. The van der Waals surface area contributed by atoms with Gasteiger partial charge < -0.3 is 10.1 Å². The fourth-order valence-corrected chi connectivity index (χ4v) is 1.97. The number of rotatable bonds is 5. The Morgan fingerprint density at radius 2 is 2.25 bits per heavy atom. The number of benzene rings is 1. The molecule has 0 aliphatic heterocycles. The van der Waals surface area contributed by atoms with Gasteiger partial charge in [0.05, 0.1) is 18.7 Å². The van der Waals surface area contributed by atoms with Gasteiger partial charge in [0.1, 0.15) is 6.04 Å². The van der Waals surface area contributed by atoms with Crippen LogP contribution in [0.3, 0.4) is 0 Å². The zero-order chi connectivity index (χ0) is 14.5. The molecular formula is C15H16N2O3. The highest BCUT2D eigenvalue weighted by Gasteiger charge is 2.32. The van der Waals surface area contributed by atoms with E-state index in [1.54, 1.807) is 18.2 Å². The number of carbonyl (C=O) groups is 2. The van der Waals surface area contributed by atoms with Crippen LogP contribution in [0.15, 0.2) is 24.3 Å². The molecule has 1 amide bonds. The number of ether oxygens (including phenoxy) is 1. The zero-order valence-electron chi connectivity index (χ0n) is 11.3. The number of nitrogens with zero attached hydrogens (tertiary/aromatic N) is 1. The van der Waals surface area contributed by atoms with E-state index < -0.39 is 12.0 Å². The minimum Gasteiger partial charge on any atom is -0.467 e. The van der Waals surface area contributed by atoms with Crippen LogP contribution in [0.2, 0.25) is 0 Å². The molecule has 1 aliphatic carbocycles. The van der Waals surface area contributed by atoms with E-state index in [0.29, 0.717) is 12.0 Å². The summed E-state index contributed by atoms with van der Waals surface area (Å²) in [5.41, 5.74) is 1.34. The molecule has 5 nitrogen and oxygen atoms in total. The lowest BCUT2D eigenvalue weighted by molar-refractivity contribution is -0.145. The molecule has 1 saturated carbocycles. The molecule has 0 aromatic heterocycles. The molecule has 0 unspecified atom stereocenters. The minimum absolute atomic E-state index is 0.0348. The number of methoxy groups -OCH3 is 1. The summed E-state index contributed by atoms with van der Waals surface area (Å²) < 4.78 is 4.72. The van der Waals surface area contributed by atoms with E-state index in [4.69, 9.17) is 10.00 Å². The van der Waals surface area contributed by atoms with E-state index in [2.05, 4.69) is 5.32 Å². The summed E-state index contributed by atoms with van der Waals surface area (Å²) in [6.45, 7) is 0. The zero-order valence-corrected chi connectivity index (χ0v) is 11.3. The second kappa shape index (κ2) is 6.20. The van der Waals surface area contributed by atoms with Crippen molar-refractivity contribution in [3.8, 4) is 6.07 Å². The lowest BCUT2D eigenvalue weighted by atomic mass is 10.0. The van der Waals surface area contributed by atoms with Gasteiger partial charge in [-0.15, -0.1) is 0 Å². The van der Waals surface area contributed by atoms with Crippen molar-refractivity contribution in [1.82, 2.24) is 5.32 Å². The smallest absolute Gasteiger partial charge is 0.328 e. The van der Waals surface area contributed by atoms with Crippen molar-refractivity contribution < 1.29 is 14.3 Å². The number of nitriles is 1. The Labute approximate surface area is 117 Å². The fourth-order valence-electron chi connectivity index (χ4n) is 1.97. The highest BCUT2D eigenvalue weighted by atomic mass is 16.5. The SMILES string of the molecule is COC(=O)[C@H](Cc1cccc(C#N)c1)NC(=O)C1CC1. The monoisotopic (exact) mass is 272 g/mol. The molecule has 1 aromatic rings. The van der Waals surface area contributed by atoms with Gasteiger partial charge in [0.2, 0.25) is 5.91 Å². The number of nitrogens with one attached hydrogen (secondary N) is 1. The molecule has 0 radical (unpaired) electrons. The van der Waals surface area contributed by atoms with E-state index in [0.717, 1.165) is 18.4 Å². The largest absolute Gasteiger partial charge is 0.467 e. The van der Waals surface area contributed by atoms with Crippen LogP contribution in [-0.4, -0.2) is 25.0 Å². The molecule has 0 spiro atoms. The second-order valence-electron chi connectivity index (χ2n) is 4.87. The average molecular weight is 272 g/mol. The van der Waals surface area contributed by atoms with Gasteiger partial charge >= 0.3 is 5.97 Å².